The van der Waals surface area contributed by atoms with E-state index in [0.717, 1.165) is 19.3 Å². The normalized spacial score (nSPS) is 25.9. The summed E-state index contributed by atoms with van der Waals surface area (Å²) in [5.41, 5.74) is 0.424. The molecule has 0 aromatic rings. The Morgan fingerprint density at radius 3 is 2.28 bits per heavy atom. The standard InChI is InChI=1S/C14H23NO3/c1-9-7-5-4-6-8-12(9)15-13(16)10(2)11(3)14(17)18/h9,12H,4-8H2,1-3H3,(H,15,16)(H,17,18). The van der Waals surface area contributed by atoms with E-state index < -0.39 is 5.97 Å². The number of rotatable bonds is 3. The zero-order valence-corrected chi connectivity index (χ0v) is 11.5. The summed E-state index contributed by atoms with van der Waals surface area (Å²) in [5.74, 6) is -0.806. The van der Waals surface area contributed by atoms with Gasteiger partial charge in [0, 0.05) is 17.2 Å². The van der Waals surface area contributed by atoms with E-state index in [4.69, 9.17) is 5.11 Å². The van der Waals surface area contributed by atoms with E-state index in [1.165, 1.54) is 19.8 Å². The van der Waals surface area contributed by atoms with Gasteiger partial charge in [0.15, 0.2) is 0 Å². The first kappa shape index (κ1) is 14.7. The van der Waals surface area contributed by atoms with Crippen LogP contribution in [0, 0.1) is 5.92 Å². The van der Waals surface area contributed by atoms with Gasteiger partial charge in [0.1, 0.15) is 0 Å². The zero-order valence-electron chi connectivity index (χ0n) is 11.5. The number of carbonyl (C=O) groups is 2. The van der Waals surface area contributed by atoms with E-state index in [1.807, 2.05) is 0 Å². The molecular formula is C14H23NO3. The summed E-state index contributed by atoms with van der Waals surface area (Å²) in [6.45, 7) is 5.19. The molecule has 1 aliphatic rings. The van der Waals surface area contributed by atoms with Crippen molar-refractivity contribution in [1.82, 2.24) is 5.32 Å². The molecule has 18 heavy (non-hydrogen) atoms. The van der Waals surface area contributed by atoms with Crippen LogP contribution < -0.4 is 5.32 Å². The van der Waals surface area contributed by atoms with Crippen molar-refractivity contribution >= 4 is 11.9 Å². The Balaban J connectivity index is 2.68. The highest BCUT2D eigenvalue weighted by molar-refractivity contribution is 6.01. The minimum Gasteiger partial charge on any atom is -0.478 e. The first-order chi connectivity index (χ1) is 8.43. The second kappa shape index (κ2) is 6.57. The van der Waals surface area contributed by atoms with Crippen molar-refractivity contribution in [1.29, 1.82) is 0 Å². The maximum absolute atomic E-state index is 12.0. The zero-order chi connectivity index (χ0) is 13.7. The van der Waals surface area contributed by atoms with Gasteiger partial charge in [0.25, 0.3) is 0 Å². The van der Waals surface area contributed by atoms with Crippen LogP contribution in [0.15, 0.2) is 11.1 Å². The van der Waals surface area contributed by atoms with E-state index in [0.29, 0.717) is 11.5 Å². The van der Waals surface area contributed by atoms with E-state index in [9.17, 15) is 9.59 Å². The number of carboxylic acids is 1. The average Bonchev–Trinajstić information content (AvgIpc) is 2.53. The van der Waals surface area contributed by atoms with Gasteiger partial charge in [-0.1, -0.05) is 26.2 Å². The van der Waals surface area contributed by atoms with Gasteiger partial charge in [-0.25, -0.2) is 4.79 Å². The lowest BCUT2D eigenvalue weighted by molar-refractivity contribution is -0.133. The minimum atomic E-state index is -1.03. The van der Waals surface area contributed by atoms with Crippen LogP contribution in [-0.2, 0) is 9.59 Å². The predicted octanol–water partition coefficient (Wildman–Crippen LogP) is 2.49. The van der Waals surface area contributed by atoms with Gasteiger partial charge in [-0.15, -0.1) is 0 Å². The van der Waals surface area contributed by atoms with Gasteiger partial charge in [-0.2, -0.15) is 0 Å². The highest BCUT2D eigenvalue weighted by Gasteiger charge is 2.23. The van der Waals surface area contributed by atoms with Gasteiger partial charge < -0.3 is 10.4 Å². The first-order valence-corrected chi connectivity index (χ1v) is 6.65. The topological polar surface area (TPSA) is 66.4 Å². The van der Waals surface area contributed by atoms with Crippen LogP contribution in [0.3, 0.4) is 0 Å². The molecule has 4 heteroatoms. The fourth-order valence-corrected chi connectivity index (χ4v) is 2.31. The Morgan fingerprint density at radius 2 is 1.67 bits per heavy atom. The molecule has 2 unspecified atom stereocenters. The molecule has 0 aromatic heterocycles. The van der Waals surface area contributed by atoms with E-state index in [1.54, 1.807) is 6.92 Å². The lowest BCUT2D eigenvalue weighted by Crippen LogP contribution is -2.39. The number of nitrogens with one attached hydrogen (secondary N) is 1. The van der Waals surface area contributed by atoms with Crippen molar-refractivity contribution in [2.24, 2.45) is 5.92 Å². The van der Waals surface area contributed by atoms with E-state index >= 15 is 0 Å². The van der Waals surface area contributed by atoms with E-state index in [2.05, 4.69) is 12.2 Å². The lowest BCUT2D eigenvalue weighted by Gasteiger charge is -2.23. The van der Waals surface area contributed by atoms with Gasteiger partial charge in [0.05, 0.1) is 0 Å². The number of carboxylic acid groups (broad SMARTS) is 1. The third kappa shape index (κ3) is 3.86. The summed E-state index contributed by atoms with van der Waals surface area (Å²) >= 11 is 0. The molecule has 1 fully saturated rings. The number of aliphatic carboxylic acids is 1. The highest BCUT2D eigenvalue weighted by atomic mass is 16.4. The van der Waals surface area contributed by atoms with Crippen molar-refractivity contribution in [2.45, 2.75) is 58.9 Å². The van der Waals surface area contributed by atoms with Crippen molar-refractivity contribution in [3.05, 3.63) is 11.1 Å². The summed E-state index contributed by atoms with van der Waals surface area (Å²) in [6.07, 6.45) is 5.70. The van der Waals surface area contributed by atoms with Crippen molar-refractivity contribution in [3.63, 3.8) is 0 Å². The second-order valence-electron chi connectivity index (χ2n) is 5.25. The fraction of sp³-hybridized carbons (Fsp3) is 0.714. The molecule has 102 valence electrons. The van der Waals surface area contributed by atoms with Crippen LogP contribution in [0.4, 0.5) is 0 Å². The van der Waals surface area contributed by atoms with Crippen LogP contribution in [0.1, 0.15) is 52.9 Å². The predicted molar refractivity (Wildman–Crippen MR) is 70.2 cm³/mol. The summed E-state index contributed by atoms with van der Waals surface area (Å²) in [7, 11) is 0. The van der Waals surface area contributed by atoms with Crippen LogP contribution >= 0.6 is 0 Å². The smallest absolute Gasteiger partial charge is 0.331 e. The maximum Gasteiger partial charge on any atom is 0.331 e. The number of carbonyl (C=O) groups excluding carboxylic acids is 1. The monoisotopic (exact) mass is 253 g/mol. The molecule has 1 rings (SSSR count). The molecule has 0 heterocycles. The molecule has 1 aliphatic carbocycles. The third-order valence-corrected chi connectivity index (χ3v) is 3.90. The molecule has 0 aromatic carbocycles. The molecule has 0 saturated heterocycles. The second-order valence-corrected chi connectivity index (χ2v) is 5.25. The molecule has 1 amide bonds. The van der Waals surface area contributed by atoms with Crippen LogP contribution in [0.25, 0.3) is 0 Å². The molecule has 0 spiro atoms. The quantitative estimate of drug-likeness (QED) is 0.600. The molecule has 2 N–H and O–H groups in total. The van der Waals surface area contributed by atoms with Gasteiger partial charge >= 0.3 is 5.97 Å². The van der Waals surface area contributed by atoms with Crippen LogP contribution in [0.5, 0.6) is 0 Å². The van der Waals surface area contributed by atoms with Gasteiger partial charge in [0.2, 0.25) is 5.91 Å². The maximum atomic E-state index is 12.0. The van der Waals surface area contributed by atoms with Crippen molar-refractivity contribution < 1.29 is 14.7 Å². The Morgan fingerprint density at radius 1 is 1.06 bits per heavy atom. The lowest BCUT2D eigenvalue weighted by atomic mass is 9.96. The molecule has 0 aliphatic heterocycles. The minimum absolute atomic E-state index is 0.119. The summed E-state index contributed by atoms with van der Waals surface area (Å²) in [4.78, 5) is 22.8. The van der Waals surface area contributed by atoms with Crippen molar-refractivity contribution in [2.75, 3.05) is 0 Å². The molecule has 4 nitrogen and oxygen atoms in total. The van der Waals surface area contributed by atoms with Crippen molar-refractivity contribution in [3.8, 4) is 0 Å². The SMILES string of the molecule is CC(C(=O)O)=C(C)C(=O)NC1CCCCCC1C. The average molecular weight is 253 g/mol. The third-order valence-electron chi connectivity index (χ3n) is 3.90. The Labute approximate surface area is 108 Å². The Hall–Kier alpha value is -1.32. The first-order valence-electron chi connectivity index (χ1n) is 6.65. The molecular weight excluding hydrogens is 230 g/mol. The molecule has 2 atom stereocenters. The van der Waals surface area contributed by atoms with Gasteiger partial charge in [-0.05, 0) is 32.6 Å². The summed E-state index contributed by atoms with van der Waals surface area (Å²) in [5, 5.41) is 11.9. The Bertz CT molecular complexity index is 360. The van der Waals surface area contributed by atoms with Crippen LogP contribution in [0.2, 0.25) is 0 Å². The summed E-state index contributed by atoms with van der Waals surface area (Å²) in [6, 6.07) is 0.177. The molecule has 0 radical (unpaired) electrons. The fourth-order valence-electron chi connectivity index (χ4n) is 2.31. The molecule has 1 saturated carbocycles. The van der Waals surface area contributed by atoms with Gasteiger partial charge in [-0.3, -0.25) is 4.79 Å². The number of amides is 1. The molecule has 0 bridgehead atoms. The Kier molecular flexibility index (Phi) is 5.38. The largest absolute Gasteiger partial charge is 0.478 e. The van der Waals surface area contributed by atoms with E-state index in [-0.39, 0.29) is 17.5 Å². The summed E-state index contributed by atoms with van der Waals surface area (Å²) < 4.78 is 0. The number of hydrogen-bond donors (Lipinski definition) is 2. The highest BCUT2D eigenvalue weighted by Crippen LogP contribution is 2.23. The van der Waals surface area contributed by atoms with Crippen LogP contribution in [-0.4, -0.2) is 23.0 Å². The number of hydrogen-bond acceptors (Lipinski definition) is 2.